The van der Waals surface area contributed by atoms with Gasteiger partial charge >= 0.3 is 0 Å². The minimum absolute atomic E-state index is 0.0281. The second kappa shape index (κ2) is 14.5. The standard InChI is InChI=1S/C29H36ClN5O4/c30-22-9-7-21(8-10-22)27-25(15-31)28(38-19-23(36)17-34-11-3-1-4-12-34)33-29(26(27)16-32)39-20-24(37)18-35-13-5-2-6-14-35/h7-10,23-24,36-37H,1-6,11-14,17-20H2. The highest BCUT2D eigenvalue weighted by Crippen LogP contribution is 2.37. The topological polar surface area (TPSA) is 126 Å². The Balaban J connectivity index is 1.58. The van der Waals surface area contributed by atoms with Crippen LogP contribution in [0, 0.1) is 22.7 Å². The number of β-amino-alcohol motifs (C(OH)–C–C–N with tert-alkyl or cyclic N) is 2. The molecule has 4 rings (SSSR count). The van der Waals surface area contributed by atoms with Crippen molar-refractivity contribution in [1.82, 2.24) is 14.8 Å². The van der Waals surface area contributed by atoms with Crippen molar-refractivity contribution >= 4 is 11.6 Å². The van der Waals surface area contributed by atoms with E-state index in [1.165, 1.54) is 12.8 Å². The van der Waals surface area contributed by atoms with Crippen molar-refractivity contribution in [3.8, 4) is 35.0 Å². The van der Waals surface area contributed by atoms with Crippen LogP contribution in [0.4, 0.5) is 0 Å². The molecule has 2 aliphatic rings. The van der Waals surface area contributed by atoms with Crippen LogP contribution in [0.2, 0.25) is 5.02 Å². The molecule has 0 amide bonds. The summed E-state index contributed by atoms with van der Waals surface area (Å²) >= 11 is 6.08. The third kappa shape index (κ3) is 8.04. The molecule has 0 spiro atoms. The number of nitriles is 2. The van der Waals surface area contributed by atoms with Gasteiger partial charge in [0.25, 0.3) is 0 Å². The largest absolute Gasteiger partial charge is 0.474 e. The first-order valence-corrected chi connectivity index (χ1v) is 14.1. The Morgan fingerprint density at radius 1 is 0.769 bits per heavy atom. The molecule has 2 aliphatic heterocycles. The molecule has 2 fully saturated rings. The van der Waals surface area contributed by atoms with Gasteiger partial charge < -0.3 is 29.5 Å². The molecule has 3 heterocycles. The second-order valence-electron chi connectivity index (χ2n) is 10.2. The summed E-state index contributed by atoms with van der Waals surface area (Å²) in [5, 5.41) is 42.0. The van der Waals surface area contributed by atoms with Gasteiger partial charge in [-0.2, -0.15) is 15.5 Å². The molecule has 2 N–H and O–H groups in total. The first kappa shape index (κ1) is 29.1. The fourth-order valence-electron chi connectivity index (χ4n) is 5.20. The van der Waals surface area contributed by atoms with E-state index in [2.05, 4.69) is 26.9 Å². The Kier molecular flexibility index (Phi) is 10.8. The van der Waals surface area contributed by atoms with E-state index in [1.807, 2.05) is 0 Å². The molecule has 9 nitrogen and oxygen atoms in total. The van der Waals surface area contributed by atoms with Gasteiger partial charge in [-0.3, -0.25) is 0 Å². The van der Waals surface area contributed by atoms with E-state index in [0.717, 1.165) is 51.9 Å². The van der Waals surface area contributed by atoms with Crippen LogP contribution in [0.25, 0.3) is 11.1 Å². The van der Waals surface area contributed by atoms with Crippen molar-refractivity contribution < 1.29 is 19.7 Å². The van der Waals surface area contributed by atoms with Crippen molar-refractivity contribution in [3.63, 3.8) is 0 Å². The first-order valence-electron chi connectivity index (χ1n) is 13.7. The molecule has 1 aromatic heterocycles. The normalized spacial score (nSPS) is 18.1. The predicted molar refractivity (Wildman–Crippen MR) is 148 cm³/mol. The molecule has 0 radical (unpaired) electrons. The maximum atomic E-state index is 10.6. The Bertz CT molecular complexity index is 1100. The van der Waals surface area contributed by atoms with E-state index in [0.29, 0.717) is 29.2 Å². The molecule has 2 atom stereocenters. The molecule has 2 unspecified atom stereocenters. The van der Waals surface area contributed by atoms with Crippen LogP contribution in [0.5, 0.6) is 11.8 Å². The summed E-state index contributed by atoms with van der Waals surface area (Å²) in [6.07, 6.45) is 5.29. The maximum absolute atomic E-state index is 10.6. The summed E-state index contributed by atoms with van der Waals surface area (Å²) in [6, 6.07) is 11.0. The number of aliphatic hydroxyl groups is 2. The van der Waals surface area contributed by atoms with E-state index < -0.39 is 12.2 Å². The summed E-state index contributed by atoms with van der Waals surface area (Å²) in [6.45, 7) is 4.55. The molecule has 10 heteroatoms. The minimum Gasteiger partial charge on any atom is -0.474 e. The van der Waals surface area contributed by atoms with Gasteiger partial charge in [-0.05, 0) is 69.6 Å². The number of piperidine rings is 2. The van der Waals surface area contributed by atoms with Crippen LogP contribution in [-0.2, 0) is 0 Å². The highest BCUT2D eigenvalue weighted by molar-refractivity contribution is 6.30. The fourth-order valence-corrected chi connectivity index (χ4v) is 5.33. The van der Waals surface area contributed by atoms with E-state index in [9.17, 15) is 20.7 Å². The van der Waals surface area contributed by atoms with Crippen molar-refractivity contribution in [2.24, 2.45) is 0 Å². The lowest BCUT2D eigenvalue weighted by molar-refractivity contribution is 0.0562. The highest BCUT2D eigenvalue weighted by Gasteiger charge is 2.25. The zero-order valence-electron chi connectivity index (χ0n) is 22.2. The Hall–Kier alpha value is -2.92. The fraction of sp³-hybridized carbons (Fsp3) is 0.552. The zero-order chi connectivity index (χ0) is 27.6. The molecule has 39 heavy (non-hydrogen) atoms. The molecule has 0 bridgehead atoms. The van der Waals surface area contributed by atoms with Crippen molar-refractivity contribution in [3.05, 3.63) is 40.4 Å². The van der Waals surface area contributed by atoms with Gasteiger partial charge in [0.2, 0.25) is 11.8 Å². The quantitative estimate of drug-likeness (QED) is 0.429. The number of halogens is 1. The maximum Gasteiger partial charge on any atom is 0.235 e. The van der Waals surface area contributed by atoms with Gasteiger partial charge in [0.15, 0.2) is 0 Å². The number of hydrogen-bond donors (Lipinski definition) is 2. The van der Waals surface area contributed by atoms with Crippen LogP contribution in [0.15, 0.2) is 24.3 Å². The number of ether oxygens (including phenoxy) is 2. The number of hydrogen-bond acceptors (Lipinski definition) is 9. The van der Waals surface area contributed by atoms with Crippen LogP contribution < -0.4 is 9.47 Å². The molecule has 1 aromatic carbocycles. The lowest BCUT2D eigenvalue weighted by Crippen LogP contribution is -2.39. The van der Waals surface area contributed by atoms with E-state index in [1.54, 1.807) is 24.3 Å². The predicted octanol–water partition coefficient (Wildman–Crippen LogP) is 3.60. The SMILES string of the molecule is N#Cc1c(OCC(O)CN2CCCCC2)nc(OCC(O)CN2CCCCC2)c(C#N)c1-c1ccc(Cl)cc1. The number of pyridine rings is 1. The molecular weight excluding hydrogens is 518 g/mol. The Morgan fingerprint density at radius 3 is 1.62 bits per heavy atom. The molecule has 2 aromatic rings. The third-order valence-electron chi connectivity index (χ3n) is 7.15. The number of benzene rings is 1. The number of nitrogens with zero attached hydrogens (tertiary/aromatic N) is 5. The van der Waals surface area contributed by atoms with Gasteiger partial charge in [-0.1, -0.05) is 36.6 Å². The number of likely N-dealkylation sites (tertiary alicyclic amines) is 2. The number of aromatic nitrogens is 1. The van der Waals surface area contributed by atoms with E-state index >= 15 is 0 Å². The Morgan fingerprint density at radius 2 is 1.21 bits per heavy atom. The van der Waals surface area contributed by atoms with E-state index in [-0.39, 0.29) is 36.1 Å². The van der Waals surface area contributed by atoms with Gasteiger partial charge in [0.1, 0.15) is 48.7 Å². The molecular formula is C29H36ClN5O4. The molecule has 208 valence electrons. The van der Waals surface area contributed by atoms with E-state index in [4.69, 9.17) is 21.1 Å². The van der Waals surface area contributed by atoms with Gasteiger partial charge in [0.05, 0.1) is 0 Å². The van der Waals surface area contributed by atoms with Crippen molar-refractivity contribution in [2.75, 3.05) is 52.5 Å². The summed E-state index contributed by atoms with van der Waals surface area (Å²) in [5.41, 5.74) is 1.03. The van der Waals surface area contributed by atoms with Crippen LogP contribution in [-0.4, -0.2) is 89.7 Å². The van der Waals surface area contributed by atoms with Gasteiger partial charge in [-0.25, -0.2) is 0 Å². The zero-order valence-corrected chi connectivity index (χ0v) is 22.9. The number of rotatable bonds is 11. The number of aliphatic hydroxyl groups excluding tert-OH is 2. The lowest BCUT2D eigenvalue weighted by atomic mass is 9.97. The molecule has 2 saturated heterocycles. The second-order valence-corrected chi connectivity index (χ2v) is 10.7. The minimum atomic E-state index is -0.776. The van der Waals surface area contributed by atoms with Crippen LogP contribution >= 0.6 is 11.6 Å². The van der Waals surface area contributed by atoms with Gasteiger partial charge in [-0.15, -0.1) is 0 Å². The van der Waals surface area contributed by atoms with Crippen LogP contribution in [0.3, 0.4) is 0 Å². The first-order chi connectivity index (χ1) is 19.0. The van der Waals surface area contributed by atoms with Crippen molar-refractivity contribution in [1.29, 1.82) is 10.5 Å². The average Bonchev–Trinajstić information content (AvgIpc) is 2.96. The van der Waals surface area contributed by atoms with Crippen molar-refractivity contribution in [2.45, 2.75) is 50.7 Å². The van der Waals surface area contributed by atoms with Crippen LogP contribution in [0.1, 0.15) is 49.7 Å². The summed E-state index contributed by atoms with van der Waals surface area (Å²) in [4.78, 5) is 8.79. The summed E-state index contributed by atoms with van der Waals surface area (Å²) in [5.74, 6) is -0.0562. The smallest absolute Gasteiger partial charge is 0.235 e. The average molecular weight is 554 g/mol. The highest BCUT2D eigenvalue weighted by atomic mass is 35.5. The summed E-state index contributed by atoms with van der Waals surface area (Å²) in [7, 11) is 0. The molecule has 0 saturated carbocycles. The molecule has 0 aliphatic carbocycles. The third-order valence-corrected chi connectivity index (χ3v) is 7.40. The van der Waals surface area contributed by atoms with Gasteiger partial charge in [0, 0.05) is 23.7 Å². The monoisotopic (exact) mass is 553 g/mol. The summed E-state index contributed by atoms with van der Waals surface area (Å²) < 4.78 is 11.8. The Labute approximate surface area is 235 Å². The lowest BCUT2D eigenvalue weighted by Gasteiger charge is -2.28.